The number of nitriles is 1. The average Bonchev–Trinajstić information content (AvgIpc) is 3.38. The zero-order valence-electron chi connectivity index (χ0n) is 21.8. The van der Waals surface area contributed by atoms with Gasteiger partial charge < -0.3 is 10.6 Å². The van der Waals surface area contributed by atoms with Gasteiger partial charge in [-0.05, 0) is 49.7 Å². The minimum Gasteiger partial charge on any atom is -0.350 e. The molecule has 0 fully saturated rings. The molecule has 0 saturated heterocycles. The monoisotopic (exact) mass is 583 g/mol. The van der Waals surface area contributed by atoms with Crippen molar-refractivity contribution in [1.82, 2.24) is 35.5 Å². The lowest BCUT2D eigenvalue weighted by atomic mass is 10.0. The maximum absolute atomic E-state index is 13.6. The molecule has 210 valence electrons. The molecule has 2 heterocycles. The summed E-state index contributed by atoms with van der Waals surface area (Å²) in [5.74, 6) is -2.63. The third-order valence-corrected chi connectivity index (χ3v) is 5.90. The molecule has 0 radical (unpaired) electrons. The fourth-order valence-corrected chi connectivity index (χ4v) is 4.01. The molecule has 2 N–H and O–H groups in total. The molecule has 0 aliphatic carbocycles. The van der Waals surface area contributed by atoms with E-state index < -0.39 is 23.8 Å². The number of hydrogen-bond donors (Lipinski definition) is 2. The largest absolute Gasteiger partial charge is 0.455 e. The van der Waals surface area contributed by atoms with Gasteiger partial charge in [-0.3, -0.25) is 9.59 Å². The van der Waals surface area contributed by atoms with Gasteiger partial charge in [0.1, 0.15) is 6.54 Å². The van der Waals surface area contributed by atoms with Crippen LogP contribution in [0.25, 0.3) is 11.3 Å². The van der Waals surface area contributed by atoms with Crippen LogP contribution in [0.3, 0.4) is 0 Å². The predicted octanol–water partition coefficient (Wildman–Crippen LogP) is 4.42. The normalized spacial score (nSPS) is 11.3. The van der Waals surface area contributed by atoms with E-state index in [2.05, 4.69) is 36.0 Å². The van der Waals surface area contributed by atoms with Gasteiger partial charge in [0.25, 0.3) is 17.6 Å². The molecule has 0 unspecified atom stereocenters. The van der Waals surface area contributed by atoms with E-state index in [1.54, 1.807) is 45.0 Å². The molecular weight excluding hydrogens is 563 g/mol. The van der Waals surface area contributed by atoms with Crippen molar-refractivity contribution in [2.75, 3.05) is 5.32 Å². The van der Waals surface area contributed by atoms with Gasteiger partial charge in [-0.15, -0.1) is 10.2 Å². The second-order valence-electron chi connectivity index (χ2n) is 9.08. The highest BCUT2D eigenvalue weighted by molar-refractivity contribution is 6.33. The van der Waals surface area contributed by atoms with Crippen LogP contribution in [0.2, 0.25) is 5.02 Å². The number of rotatable bonds is 7. The summed E-state index contributed by atoms with van der Waals surface area (Å²) in [5, 5.41) is 24.8. The van der Waals surface area contributed by atoms with Crippen molar-refractivity contribution in [2.24, 2.45) is 0 Å². The lowest BCUT2D eigenvalue weighted by Crippen LogP contribution is -2.31. The smallest absolute Gasteiger partial charge is 0.350 e. The summed E-state index contributed by atoms with van der Waals surface area (Å²) < 4.78 is 38.7. The molecule has 0 aliphatic heterocycles. The highest BCUT2D eigenvalue weighted by Gasteiger charge is 2.37. The van der Waals surface area contributed by atoms with Crippen molar-refractivity contribution in [3.8, 4) is 17.3 Å². The van der Waals surface area contributed by atoms with Crippen LogP contribution in [0.1, 0.15) is 57.3 Å². The number of alkyl halides is 3. The zero-order valence-corrected chi connectivity index (χ0v) is 22.5. The Balaban J connectivity index is 1.76. The molecule has 0 aliphatic rings. The van der Waals surface area contributed by atoms with Crippen LogP contribution in [0.5, 0.6) is 0 Å². The topological polar surface area (TPSA) is 151 Å². The van der Waals surface area contributed by atoms with E-state index in [4.69, 9.17) is 11.6 Å². The Hall–Kier alpha value is -4.90. The van der Waals surface area contributed by atoms with E-state index in [9.17, 15) is 28.0 Å². The first-order valence-corrected chi connectivity index (χ1v) is 12.4. The molecule has 4 rings (SSSR count). The number of hydrogen-bond acceptors (Lipinski definition) is 8. The molecule has 4 aromatic rings. The predicted molar refractivity (Wildman–Crippen MR) is 141 cm³/mol. The highest BCUT2D eigenvalue weighted by atomic mass is 35.5. The molecule has 2 aromatic heterocycles. The van der Waals surface area contributed by atoms with Crippen LogP contribution in [0.15, 0.2) is 42.6 Å². The summed E-state index contributed by atoms with van der Waals surface area (Å²) in [7, 11) is 0. The third kappa shape index (κ3) is 6.64. The first-order valence-electron chi connectivity index (χ1n) is 12.0. The van der Waals surface area contributed by atoms with E-state index >= 15 is 0 Å². The highest BCUT2D eigenvalue weighted by Crippen LogP contribution is 2.31. The van der Waals surface area contributed by atoms with Gasteiger partial charge in [-0.2, -0.15) is 23.2 Å². The fourth-order valence-electron chi connectivity index (χ4n) is 3.79. The second kappa shape index (κ2) is 11.7. The van der Waals surface area contributed by atoms with Crippen LogP contribution in [-0.2, 0) is 12.7 Å². The molecule has 2 aromatic carbocycles. The SMILES string of the molecule is Cc1cc(C#N)cc(C(=O)NC(C)C)c1NC(=O)c1cnc(Cn2nnc(C(F)(F)F)n2)nc1-c1ccccc1Cl. The molecule has 0 bridgehead atoms. The molecule has 0 spiro atoms. The second-order valence-corrected chi connectivity index (χ2v) is 9.49. The zero-order chi connectivity index (χ0) is 29.9. The van der Waals surface area contributed by atoms with E-state index in [1.165, 1.54) is 18.3 Å². The molecule has 2 amide bonds. The van der Waals surface area contributed by atoms with Crippen molar-refractivity contribution in [2.45, 2.75) is 39.5 Å². The van der Waals surface area contributed by atoms with Crippen molar-refractivity contribution in [3.05, 3.63) is 81.5 Å². The van der Waals surface area contributed by atoms with Crippen molar-refractivity contribution in [1.29, 1.82) is 5.26 Å². The number of carbonyl (C=O) groups excluding carboxylic acids is 2. The van der Waals surface area contributed by atoms with Gasteiger partial charge in [-0.1, -0.05) is 29.8 Å². The quantitative estimate of drug-likeness (QED) is 0.324. The summed E-state index contributed by atoms with van der Waals surface area (Å²) >= 11 is 6.39. The van der Waals surface area contributed by atoms with Crippen LogP contribution in [0.4, 0.5) is 18.9 Å². The average molecular weight is 584 g/mol. The lowest BCUT2D eigenvalue weighted by Gasteiger charge is -2.17. The van der Waals surface area contributed by atoms with Gasteiger partial charge in [0.05, 0.1) is 34.1 Å². The summed E-state index contributed by atoms with van der Waals surface area (Å²) in [6.07, 6.45) is -3.59. The van der Waals surface area contributed by atoms with E-state index in [1.807, 2.05) is 6.07 Å². The number of benzene rings is 2. The number of aromatic nitrogens is 6. The maximum Gasteiger partial charge on any atom is 0.455 e. The molecule has 0 atom stereocenters. The Kier molecular flexibility index (Phi) is 8.29. The van der Waals surface area contributed by atoms with Crippen molar-refractivity contribution >= 4 is 29.1 Å². The third-order valence-electron chi connectivity index (χ3n) is 5.57. The Morgan fingerprint density at radius 1 is 1.15 bits per heavy atom. The maximum atomic E-state index is 13.6. The van der Waals surface area contributed by atoms with E-state index in [0.29, 0.717) is 15.9 Å². The minimum atomic E-state index is -4.78. The van der Waals surface area contributed by atoms with Gasteiger partial charge in [-0.25, -0.2) is 9.97 Å². The first kappa shape index (κ1) is 29.1. The van der Waals surface area contributed by atoms with E-state index in [-0.39, 0.29) is 51.5 Å². The van der Waals surface area contributed by atoms with E-state index in [0.717, 1.165) is 0 Å². The molecule has 15 heteroatoms. The summed E-state index contributed by atoms with van der Waals surface area (Å²) in [6, 6.07) is 11.2. The van der Waals surface area contributed by atoms with Gasteiger partial charge in [0.2, 0.25) is 0 Å². The number of nitrogens with one attached hydrogen (secondary N) is 2. The minimum absolute atomic E-state index is 0.0193. The molecule has 0 saturated carbocycles. The summed E-state index contributed by atoms with van der Waals surface area (Å²) in [6.45, 7) is 4.80. The molecular formula is C26H21ClF3N9O2. The summed E-state index contributed by atoms with van der Waals surface area (Å²) in [4.78, 5) is 35.7. The number of carbonyl (C=O) groups is 2. The van der Waals surface area contributed by atoms with Crippen LogP contribution < -0.4 is 10.6 Å². The van der Waals surface area contributed by atoms with Crippen molar-refractivity contribution in [3.63, 3.8) is 0 Å². The fraction of sp³-hybridized carbons (Fsp3) is 0.231. The Morgan fingerprint density at radius 3 is 2.51 bits per heavy atom. The van der Waals surface area contributed by atoms with Crippen LogP contribution in [-0.4, -0.2) is 48.0 Å². The van der Waals surface area contributed by atoms with Crippen LogP contribution >= 0.6 is 11.6 Å². The number of tetrazole rings is 1. The Morgan fingerprint density at radius 2 is 1.88 bits per heavy atom. The Bertz CT molecular complexity index is 1680. The lowest BCUT2D eigenvalue weighted by molar-refractivity contribution is -0.145. The van der Waals surface area contributed by atoms with Gasteiger partial charge in [0, 0.05) is 22.8 Å². The number of anilines is 1. The standard InChI is InChI=1S/C26H21ClF3N9O2/c1-13(2)33-23(40)17-9-15(10-31)8-14(3)21(17)35-24(41)18-11-32-20(12-39-37-25(36-38-39)26(28,29)30)34-22(18)16-6-4-5-7-19(16)27/h4-9,11,13H,12H2,1-3H3,(H,33,40)(H,35,41). The summed E-state index contributed by atoms with van der Waals surface area (Å²) in [5.41, 5.74) is 1.33. The van der Waals surface area contributed by atoms with Crippen LogP contribution in [0, 0.1) is 18.3 Å². The Labute approximate surface area is 236 Å². The molecule has 41 heavy (non-hydrogen) atoms. The number of amides is 2. The number of aryl methyl sites for hydroxylation is 1. The first-order chi connectivity index (χ1) is 19.4. The van der Waals surface area contributed by atoms with Gasteiger partial charge in [0.15, 0.2) is 5.82 Å². The number of halogens is 4. The van der Waals surface area contributed by atoms with Gasteiger partial charge >= 0.3 is 6.18 Å². The molecule has 11 nitrogen and oxygen atoms in total. The number of nitrogens with zero attached hydrogens (tertiary/aromatic N) is 7. The van der Waals surface area contributed by atoms with Crippen molar-refractivity contribution < 1.29 is 22.8 Å².